The number of ether oxygens (including phenoxy) is 1. The molecular weight excluding hydrogens is 245 g/mol. The van der Waals surface area contributed by atoms with Crippen LogP contribution in [0.1, 0.15) is 15.9 Å². The van der Waals surface area contributed by atoms with Crippen molar-refractivity contribution in [1.82, 2.24) is 0 Å². The highest BCUT2D eigenvalue weighted by Gasteiger charge is 2.08. The van der Waals surface area contributed by atoms with Gasteiger partial charge in [0.2, 0.25) is 0 Å². The summed E-state index contributed by atoms with van der Waals surface area (Å²) in [7, 11) is 0. The normalized spacial score (nSPS) is 9.68. The predicted octanol–water partition coefficient (Wildman–Crippen LogP) is 2.96. The largest absolute Gasteiger partial charge is 0.485 e. The van der Waals surface area contributed by atoms with E-state index >= 15 is 0 Å². The summed E-state index contributed by atoms with van der Waals surface area (Å²) in [5, 5.41) is 8.59. The molecule has 94 valence electrons. The van der Waals surface area contributed by atoms with Gasteiger partial charge >= 0.3 is 0 Å². The molecule has 0 spiro atoms. The van der Waals surface area contributed by atoms with E-state index in [9.17, 15) is 9.18 Å². The van der Waals surface area contributed by atoms with Gasteiger partial charge in [0, 0.05) is 11.6 Å². The Balaban J connectivity index is 2.02. The Bertz CT molecular complexity index is 632. The Labute approximate surface area is 109 Å². The fourth-order valence-electron chi connectivity index (χ4n) is 1.53. The second-order valence-corrected chi connectivity index (χ2v) is 3.83. The molecule has 2 aromatic rings. The van der Waals surface area contributed by atoms with Crippen LogP contribution in [-0.4, -0.2) is 12.4 Å². The number of rotatable bonds is 4. The van der Waals surface area contributed by atoms with Crippen molar-refractivity contribution < 1.29 is 13.9 Å². The van der Waals surface area contributed by atoms with Gasteiger partial charge in [-0.2, -0.15) is 5.26 Å². The minimum absolute atomic E-state index is 0.0539. The van der Waals surface area contributed by atoms with Crippen molar-refractivity contribution >= 4 is 5.78 Å². The maximum atomic E-state index is 13.3. The molecule has 0 aromatic heterocycles. The van der Waals surface area contributed by atoms with E-state index in [2.05, 4.69) is 0 Å². The van der Waals surface area contributed by atoms with Gasteiger partial charge in [0.25, 0.3) is 0 Å². The van der Waals surface area contributed by atoms with Crippen LogP contribution in [0, 0.1) is 17.1 Å². The molecule has 2 rings (SSSR count). The highest BCUT2D eigenvalue weighted by Crippen LogP contribution is 2.16. The number of halogens is 1. The van der Waals surface area contributed by atoms with Crippen LogP contribution >= 0.6 is 0 Å². The molecule has 0 unspecified atom stereocenters. The lowest BCUT2D eigenvalue weighted by Gasteiger charge is -2.06. The van der Waals surface area contributed by atoms with Gasteiger partial charge in [-0.15, -0.1) is 0 Å². The standard InChI is InChI=1S/C15H10FNO2/c16-14-8-13(7-6-12(14)9-17)19-10-15(18)11-4-2-1-3-5-11/h1-8H,10H2. The first-order valence-electron chi connectivity index (χ1n) is 5.61. The molecular formula is C15H10FNO2. The summed E-state index contributed by atoms with van der Waals surface area (Å²) in [5.74, 6) is -0.627. The van der Waals surface area contributed by atoms with Crippen molar-refractivity contribution in [2.45, 2.75) is 0 Å². The topological polar surface area (TPSA) is 50.1 Å². The second kappa shape index (κ2) is 5.78. The van der Waals surface area contributed by atoms with Gasteiger partial charge in [-0.1, -0.05) is 30.3 Å². The van der Waals surface area contributed by atoms with Crippen molar-refractivity contribution in [2.75, 3.05) is 6.61 Å². The first-order chi connectivity index (χ1) is 9.20. The van der Waals surface area contributed by atoms with Crippen LogP contribution in [-0.2, 0) is 0 Å². The van der Waals surface area contributed by atoms with Crippen LogP contribution in [0.3, 0.4) is 0 Å². The Morgan fingerprint density at radius 2 is 1.95 bits per heavy atom. The van der Waals surface area contributed by atoms with Crippen LogP contribution in [0.4, 0.5) is 4.39 Å². The molecule has 0 saturated heterocycles. The lowest BCUT2D eigenvalue weighted by atomic mass is 10.1. The Hall–Kier alpha value is -2.67. The molecule has 0 aliphatic rings. The zero-order chi connectivity index (χ0) is 13.7. The SMILES string of the molecule is N#Cc1ccc(OCC(=O)c2ccccc2)cc1F. The van der Waals surface area contributed by atoms with Crippen LogP contribution in [0.25, 0.3) is 0 Å². The molecule has 0 amide bonds. The minimum atomic E-state index is -0.660. The van der Waals surface area contributed by atoms with Crippen molar-refractivity contribution in [3.05, 3.63) is 65.5 Å². The van der Waals surface area contributed by atoms with Crippen LogP contribution in [0.15, 0.2) is 48.5 Å². The summed E-state index contributed by atoms with van der Waals surface area (Å²) in [5.41, 5.74) is 0.485. The highest BCUT2D eigenvalue weighted by molar-refractivity contribution is 5.97. The molecule has 0 aliphatic carbocycles. The summed E-state index contributed by atoms with van der Waals surface area (Å²) >= 11 is 0. The minimum Gasteiger partial charge on any atom is -0.485 e. The molecule has 0 fully saturated rings. The number of nitriles is 1. The van der Waals surface area contributed by atoms with E-state index in [4.69, 9.17) is 10.00 Å². The molecule has 0 heterocycles. The van der Waals surface area contributed by atoms with E-state index in [1.165, 1.54) is 12.1 Å². The zero-order valence-corrected chi connectivity index (χ0v) is 9.97. The first-order valence-corrected chi connectivity index (χ1v) is 5.61. The number of hydrogen-bond acceptors (Lipinski definition) is 3. The number of ketones is 1. The third-order valence-corrected chi connectivity index (χ3v) is 2.53. The molecule has 4 heteroatoms. The Morgan fingerprint density at radius 1 is 1.21 bits per heavy atom. The first kappa shape index (κ1) is 12.8. The van der Waals surface area contributed by atoms with E-state index in [1.54, 1.807) is 30.3 Å². The number of benzene rings is 2. The quantitative estimate of drug-likeness (QED) is 0.789. The maximum Gasteiger partial charge on any atom is 0.200 e. The molecule has 0 N–H and O–H groups in total. The molecule has 0 radical (unpaired) electrons. The predicted molar refractivity (Wildman–Crippen MR) is 67.4 cm³/mol. The summed E-state index contributed by atoms with van der Waals surface area (Å²) in [6.45, 7) is -0.171. The fraction of sp³-hybridized carbons (Fsp3) is 0.0667. The lowest BCUT2D eigenvalue weighted by Crippen LogP contribution is -2.11. The van der Waals surface area contributed by atoms with Gasteiger partial charge in [0.05, 0.1) is 5.56 Å². The third-order valence-electron chi connectivity index (χ3n) is 2.53. The molecule has 0 bridgehead atoms. The van der Waals surface area contributed by atoms with Crippen molar-refractivity contribution in [2.24, 2.45) is 0 Å². The van der Waals surface area contributed by atoms with Gasteiger partial charge in [-0.05, 0) is 12.1 Å². The van der Waals surface area contributed by atoms with E-state index in [0.717, 1.165) is 6.07 Å². The number of Topliss-reactive ketones (excluding diaryl/α,β-unsaturated/α-hetero) is 1. The summed E-state index contributed by atoms with van der Waals surface area (Å²) in [6, 6.07) is 14.3. The van der Waals surface area contributed by atoms with Gasteiger partial charge in [0.15, 0.2) is 12.4 Å². The molecule has 2 aromatic carbocycles. The number of carbonyl (C=O) groups excluding carboxylic acids is 1. The van der Waals surface area contributed by atoms with E-state index in [0.29, 0.717) is 5.56 Å². The highest BCUT2D eigenvalue weighted by atomic mass is 19.1. The molecule has 0 saturated carbocycles. The number of carbonyl (C=O) groups is 1. The summed E-state index contributed by atoms with van der Waals surface area (Å²) in [6.07, 6.45) is 0. The Morgan fingerprint density at radius 3 is 2.58 bits per heavy atom. The van der Waals surface area contributed by atoms with Gasteiger partial charge in [-0.3, -0.25) is 4.79 Å². The fourth-order valence-corrected chi connectivity index (χ4v) is 1.53. The second-order valence-electron chi connectivity index (χ2n) is 3.83. The monoisotopic (exact) mass is 255 g/mol. The number of hydrogen-bond donors (Lipinski definition) is 0. The summed E-state index contributed by atoms with van der Waals surface area (Å²) < 4.78 is 18.5. The lowest BCUT2D eigenvalue weighted by molar-refractivity contribution is 0.0921. The summed E-state index contributed by atoms with van der Waals surface area (Å²) in [4.78, 5) is 11.8. The average Bonchev–Trinajstić information content (AvgIpc) is 2.46. The van der Waals surface area contributed by atoms with Gasteiger partial charge in [-0.25, -0.2) is 4.39 Å². The van der Waals surface area contributed by atoms with Crippen molar-refractivity contribution in [3.63, 3.8) is 0 Å². The molecule has 0 atom stereocenters. The zero-order valence-electron chi connectivity index (χ0n) is 9.97. The van der Waals surface area contributed by atoms with E-state index in [1.807, 2.05) is 6.07 Å². The molecule has 0 aliphatic heterocycles. The van der Waals surface area contributed by atoms with Crippen molar-refractivity contribution in [1.29, 1.82) is 5.26 Å². The average molecular weight is 255 g/mol. The number of nitrogens with zero attached hydrogens (tertiary/aromatic N) is 1. The van der Waals surface area contributed by atoms with Crippen LogP contribution in [0.2, 0.25) is 0 Å². The van der Waals surface area contributed by atoms with Crippen LogP contribution in [0.5, 0.6) is 5.75 Å². The maximum absolute atomic E-state index is 13.3. The molecule has 3 nitrogen and oxygen atoms in total. The van der Waals surface area contributed by atoms with E-state index in [-0.39, 0.29) is 23.7 Å². The molecule has 19 heavy (non-hydrogen) atoms. The van der Waals surface area contributed by atoms with Crippen molar-refractivity contribution in [3.8, 4) is 11.8 Å². The third kappa shape index (κ3) is 3.17. The Kier molecular flexibility index (Phi) is 3.89. The van der Waals surface area contributed by atoms with E-state index < -0.39 is 5.82 Å². The van der Waals surface area contributed by atoms with Gasteiger partial charge in [0.1, 0.15) is 17.6 Å². The van der Waals surface area contributed by atoms with Gasteiger partial charge < -0.3 is 4.74 Å². The smallest absolute Gasteiger partial charge is 0.200 e. The van der Waals surface area contributed by atoms with Crippen LogP contribution < -0.4 is 4.74 Å².